The third kappa shape index (κ3) is 3.86. The van der Waals surface area contributed by atoms with Crippen LogP contribution >= 0.6 is 23.8 Å². The van der Waals surface area contributed by atoms with Crippen LogP contribution in [-0.2, 0) is 0 Å². The maximum absolute atomic E-state index is 13.5. The predicted molar refractivity (Wildman–Crippen MR) is 119 cm³/mol. The number of rotatable bonds is 5. The van der Waals surface area contributed by atoms with Crippen molar-refractivity contribution in [1.82, 2.24) is 20.4 Å². The molecule has 4 rings (SSSR count). The Morgan fingerprint density at radius 1 is 1.30 bits per heavy atom. The molecule has 1 aliphatic heterocycles. The van der Waals surface area contributed by atoms with Gasteiger partial charge in [-0.15, -0.1) is 6.58 Å². The van der Waals surface area contributed by atoms with E-state index in [0.717, 1.165) is 22.4 Å². The molecular weight excluding hydrogens is 423 g/mol. The minimum atomic E-state index is -0.369. The molecule has 0 amide bonds. The Morgan fingerprint density at radius 2 is 2.07 bits per heavy atom. The highest BCUT2D eigenvalue weighted by atomic mass is 35.5. The number of hydrogen-bond acceptors (Lipinski definition) is 4. The van der Waals surface area contributed by atoms with Crippen LogP contribution in [-0.4, -0.2) is 26.7 Å². The maximum atomic E-state index is 13.5. The lowest BCUT2D eigenvalue weighted by Crippen LogP contribution is -2.45. The highest BCUT2D eigenvalue weighted by Gasteiger charge is 2.33. The van der Waals surface area contributed by atoms with Gasteiger partial charge < -0.3 is 14.7 Å². The van der Waals surface area contributed by atoms with Gasteiger partial charge in [-0.05, 0) is 49.0 Å². The maximum Gasteiger partial charge on any atom is 0.258 e. The second-order valence-corrected chi connectivity index (χ2v) is 7.59. The Hall–Kier alpha value is -3.03. The first-order valence-electron chi connectivity index (χ1n) is 9.23. The molecule has 2 aromatic carbocycles. The fourth-order valence-corrected chi connectivity index (χ4v) is 3.91. The van der Waals surface area contributed by atoms with Crippen molar-refractivity contribution in [2.75, 3.05) is 6.54 Å². The first-order valence-corrected chi connectivity index (χ1v) is 10.0. The average Bonchev–Trinajstić information content (AvgIpc) is 3.21. The third-order valence-corrected chi connectivity index (χ3v) is 5.42. The van der Waals surface area contributed by atoms with Crippen LogP contribution in [0.3, 0.4) is 0 Å². The van der Waals surface area contributed by atoms with Crippen molar-refractivity contribution in [2.45, 2.75) is 13.0 Å². The van der Waals surface area contributed by atoms with E-state index < -0.39 is 0 Å². The van der Waals surface area contributed by atoms with E-state index in [1.165, 1.54) is 12.1 Å². The van der Waals surface area contributed by atoms with Gasteiger partial charge in [-0.2, -0.15) is 4.98 Å². The minimum Gasteiger partial charge on any atom is -0.351 e. The molecular formula is C22H18ClFN4OS. The van der Waals surface area contributed by atoms with Crippen molar-refractivity contribution in [3.8, 4) is 11.4 Å². The van der Waals surface area contributed by atoms with Gasteiger partial charge in [0.1, 0.15) is 5.82 Å². The zero-order valence-corrected chi connectivity index (χ0v) is 17.7. The fourth-order valence-electron chi connectivity index (χ4n) is 3.39. The predicted octanol–water partition coefficient (Wildman–Crippen LogP) is 5.38. The largest absolute Gasteiger partial charge is 0.351 e. The molecule has 0 bridgehead atoms. The molecule has 152 valence electrons. The Morgan fingerprint density at radius 3 is 2.77 bits per heavy atom. The summed E-state index contributed by atoms with van der Waals surface area (Å²) in [6, 6.07) is 13.1. The minimum absolute atomic E-state index is 0.311. The Labute approximate surface area is 183 Å². The second-order valence-electron chi connectivity index (χ2n) is 6.77. The molecule has 0 saturated carbocycles. The van der Waals surface area contributed by atoms with Crippen molar-refractivity contribution in [3.63, 3.8) is 0 Å². The second kappa shape index (κ2) is 8.38. The van der Waals surface area contributed by atoms with Crippen molar-refractivity contribution in [2.24, 2.45) is 0 Å². The molecule has 0 radical (unpaired) electrons. The van der Waals surface area contributed by atoms with Crippen molar-refractivity contribution >= 4 is 34.5 Å². The van der Waals surface area contributed by atoms with E-state index in [2.05, 4.69) is 22.0 Å². The molecule has 1 aliphatic rings. The molecule has 1 unspecified atom stereocenters. The summed E-state index contributed by atoms with van der Waals surface area (Å²) in [5, 5.41) is 8.56. The fraction of sp³-hybridized carbons (Fsp3) is 0.136. The lowest BCUT2D eigenvalue weighted by molar-refractivity contribution is 0.399. The van der Waals surface area contributed by atoms with Crippen LogP contribution < -0.4 is 5.32 Å². The number of hydrogen-bond donors (Lipinski definition) is 1. The summed E-state index contributed by atoms with van der Waals surface area (Å²) in [5.41, 5.74) is 3.19. The molecule has 2 heterocycles. The lowest BCUT2D eigenvalue weighted by atomic mass is 9.95. The number of aromatic nitrogens is 2. The molecule has 1 aromatic heterocycles. The first-order chi connectivity index (χ1) is 14.5. The van der Waals surface area contributed by atoms with E-state index in [0.29, 0.717) is 28.4 Å². The topological polar surface area (TPSA) is 54.2 Å². The van der Waals surface area contributed by atoms with Crippen molar-refractivity contribution < 1.29 is 8.91 Å². The summed E-state index contributed by atoms with van der Waals surface area (Å²) in [6.45, 7) is 6.26. The van der Waals surface area contributed by atoms with E-state index in [4.69, 9.17) is 28.3 Å². The van der Waals surface area contributed by atoms with Gasteiger partial charge in [0, 0.05) is 22.8 Å². The van der Waals surface area contributed by atoms with Gasteiger partial charge in [0.25, 0.3) is 5.89 Å². The SMILES string of the molecule is C=CCN1C(=S)NC(c2ccc(F)cc2)C(c2nc(-c3cccc(Cl)c3)no2)=C1C. The normalized spacial score (nSPS) is 16.6. The standard InChI is InChI=1S/C22H18ClFN4OS/c1-3-11-28-13(2)18(19(25-22(28)30)14-7-9-17(24)10-8-14)21-26-20(27-29-21)15-5-4-6-16(23)12-15/h3-10,12,19H,1,11H2,2H3,(H,25,30). The molecule has 3 aromatic rings. The molecule has 0 saturated heterocycles. The smallest absolute Gasteiger partial charge is 0.258 e. The molecule has 30 heavy (non-hydrogen) atoms. The number of benzene rings is 2. The van der Waals surface area contributed by atoms with E-state index in [1.54, 1.807) is 30.3 Å². The monoisotopic (exact) mass is 440 g/mol. The van der Waals surface area contributed by atoms with E-state index in [1.807, 2.05) is 24.0 Å². The van der Waals surface area contributed by atoms with Gasteiger partial charge >= 0.3 is 0 Å². The average molecular weight is 441 g/mol. The van der Waals surface area contributed by atoms with E-state index >= 15 is 0 Å². The molecule has 0 spiro atoms. The quantitative estimate of drug-likeness (QED) is 0.424. The van der Waals surface area contributed by atoms with Crippen molar-refractivity contribution in [3.05, 3.63) is 89.2 Å². The Kier molecular flexibility index (Phi) is 5.65. The van der Waals surface area contributed by atoms with Crippen molar-refractivity contribution in [1.29, 1.82) is 0 Å². The highest BCUT2D eigenvalue weighted by Crippen LogP contribution is 2.37. The Balaban J connectivity index is 1.82. The van der Waals surface area contributed by atoms with Crippen LogP contribution in [0.2, 0.25) is 5.02 Å². The summed E-state index contributed by atoms with van der Waals surface area (Å²) >= 11 is 11.6. The summed E-state index contributed by atoms with van der Waals surface area (Å²) in [4.78, 5) is 6.51. The van der Waals surface area contributed by atoms with Gasteiger partial charge in [0.2, 0.25) is 5.82 Å². The summed E-state index contributed by atoms with van der Waals surface area (Å²) in [6.07, 6.45) is 1.76. The van der Waals surface area contributed by atoms with E-state index in [-0.39, 0.29) is 11.9 Å². The van der Waals surface area contributed by atoms with Crippen LogP contribution in [0.5, 0.6) is 0 Å². The number of thiocarbonyl (C=S) groups is 1. The van der Waals surface area contributed by atoms with Gasteiger partial charge in [-0.1, -0.05) is 47.1 Å². The molecule has 0 fully saturated rings. The van der Waals surface area contributed by atoms with E-state index in [9.17, 15) is 4.39 Å². The van der Waals surface area contributed by atoms with Crippen LogP contribution in [0.25, 0.3) is 17.0 Å². The lowest BCUT2D eigenvalue weighted by Gasteiger charge is -2.36. The molecule has 8 heteroatoms. The van der Waals surface area contributed by atoms with Crippen LogP contribution in [0.15, 0.2) is 71.4 Å². The van der Waals surface area contributed by atoms with Gasteiger partial charge in [0.05, 0.1) is 11.6 Å². The highest BCUT2D eigenvalue weighted by molar-refractivity contribution is 7.80. The van der Waals surface area contributed by atoms with Crippen LogP contribution in [0, 0.1) is 5.82 Å². The number of allylic oxidation sites excluding steroid dienone is 1. The molecule has 0 aliphatic carbocycles. The molecule has 1 atom stereocenters. The Bertz CT molecular complexity index is 1140. The van der Waals surface area contributed by atoms with Crippen LogP contribution in [0.1, 0.15) is 24.4 Å². The third-order valence-electron chi connectivity index (χ3n) is 4.85. The number of nitrogens with zero attached hydrogens (tertiary/aromatic N) is 3. The van der Waals surface area contributed by atoms with Gasteiger partial charge in [0.15, 0.2) is 5.11 Å². The summed E-state index contributed by atoms with van der Waals surface area (Å²) in [7, 11) is 0. The number of halogens is 2. The summed E-state index contributed by atoms with van der Waals surface area (Å²) < 4.78 is 19.1. The summed E-state index contributed by atoms with van der Waals surface area (Å²) in [5.74, 6) is 0.462. The zero-order valence-electron chi connectivity index (χ0n) is 16.1. The first kappa shape index (κ1) is 20.3. The van der Waals surface area contributed by atoms with Gasteiger partial charge in [-0.3, -0.25) is 0 Å². The molecule has 1 N–H and O–H groups in total. The zero-order chi connectivity index (χ0) is 21.3. The van der Waals surface area contributed by atoms with Gasteiger partial charge in [-0.25, -0.2) is 4.39 Å². The number of nitrogens with one attached hydrogen (secondary N) is 1. The van der Waals surface area contributed by atoms with Crippen LogP contribution in [0.4, 0.5) is 4.39 Å². The molecule has 5 nitrogen and oxygen atoms in total.